The van der Waals surface area contributed by atoms with Crippen LogP contribution in [0, 0.1) is 0 Å². The van der Waals surface area contributed by atoms with Gasteiger partial charge in [0.2, 0.25) is 0 Å². The van der Waals surface area contributed by atoms with Crippen LogP contribution in [-0.2, 0) is 0 Å². The van der Waals surface area contributed by atoms with E-state index in [4.69, 9.17) is 5.11 Å². The molecule has 1 rings (SSSR count). The van der Waals surface area contributed by atoms with Crippen LogP contribution in [0.15, 0.2) is 29.3 Å². The molecule has 0 saturated heterocycles. The third-order valence-corrected chi connectivity index (χ3v) is 3.08. The van der Waals surface area contributed by atoms with E-state index in [1.807, 2.05) is 18.2 Å². The summed E-state index contributed by atoms with van der Waals surface area (Å²) in [5, 5.41) is 19.0. The maximum Gasteiger partial charge on any atom is 0.105 e. The van der Waals surface area contributed by atoms with E-state index < -0.39 is 11.6 Å². The van der Waals surface area contributed by atoms with Crippen LogP contribution in [0.2, 0.25) is 0 Å². The molecule has 0 aliphatic heterocycles. The minimum absolute atomic E-state index is 0.0283. The fraction of sp³-hybridized carbons (Fsp3) is 0.615. The Balaban J connectivity index is 2.99. The van der Waals surface area contributed by atoms with Crippen LogP contribution in [0.1, 0.15) is 13.8 Å². The second-order valence-electron chi connectivity index (χ2n) is 4.01. The first-order valence-electron chi connectivity index (χ1n) is 6.12. The van der Waals surface area contributed by atoms with Gasteiger partial charge >= 0.3 is 0 Å². The minimum Gasteiger partial charge on any atom is -0.394 e. The van der Waals surface area contributed by atoms with Crippen molar-refractivity contribution in [1.82, 2.24) is 4.90 Å². The van der Waals surface area contributed by atoms with Crippen LogP contribution in [0.5, 0.6) is 0 Å². The van der Waals surface area contributed by atoms with E-state index in [0.717, 1.165) is 13.1 Å². The van der Waals surface area contributed by atoms with Crippen LogP contribution in [-0.4, -0.2) is 59.2 Å². The van der Waals surface area contributed by atoms with E-state index >= 15 is 0 Å². The Kier molecular flexibility index (Phi) is 5.55. The molecule has 96 valence electrons. The van der Waals surface area contributed by atoms with E-state index in [1.54, 1.807) is 12.3 Å². The third kappa shape index (κ3) is 3.03. The summed E-state index contributed by atoms with van der Waals surface area (Å²) < 4.78 is 0. The summed E-state index contributed by atoms with van der Waals surface area (Å²) in [6.45, 7) is 6.18. The number of hydrogen-bond acceptors (Lipinski definition) is 4. The molecule has 0 aromatic heterocycles. The molecule has 17 heavy (non-hydrogen) atoms. The Hall–Kier alpha value is -0.970. The third-order valence-electron chi connectivity index (χ3n) is 3.08. The first kappa shape index (κ1) is 14.1. The average Bonchev–Trinajstić information content (AvgIpc) is 2.34. The average molecular weight is 238 g/mol. The molecular weight excluding hydrogens is 216 g/mol. The first-order valence-corrected chi connectivity index (χ1v) is 6.12. The Morgan fingerprint density at radius 3 is 2.59 bits per heavy atom. The Labute approximate surface area is 103 Å². The highest BCUT2D eigenvalue weighted by atomic mass is 16.3. The highest BCUT2D eigenvalue weighted by Gasteiger charge is 2.38. The lowest BCUT2D eigenvalue weighted by molar-refractivity contribution is 0.0775. The summed E-state index contributed by atoms with van der Waals surface area (Å²) >= 11 is 0. The topological polar surface area (TPSA) is 56.1 Å². The molecule has 2 atom stereocenters. The van der Waals surface area contributed by atoms with E-state index in [0.29, 0.717) is 6.54 Å². The van der Waals surface area contributed by atoms with Crippen molar-refractivity contribution in [1.29, 1.82) is 0 Å². The molecule has 0 bridgehead atoms. The highest BCUT2D eigenvalue weighted by molar-refractivity contribution is 5.76. The van der Waals surface area contributed by atoms with Gasteiger partial charge in [-0.25, -0.2) is 0 Å². The van der Waals surface area contributed by atoms with Crippen molar-refractivity contribution < 1.29 is 10.2 Å². The number of rotatable bonds is 6. The second kappa shape index (κ2) is 6.69. The zero-order chi connectivity index (χ0) is 12.7. The summed E-state index contributed by atoms with van der Waals surface area (Å²) in [5.41, 5.74) is -0.576. The molecule has 0 fully saturated rings. The smallest absolute Gasteiger partial charge is 0.105 e. The quantitative estimate of drug-likeness (QED) is 0.667. The van der Waals surface area contributed by atoms with Crippen LogP contribution in [0.25, 0.3) is 0 Å². The molecule has 4 nitrogen and oxygen atoms in total. The van der Waals surface area contributed by atoms with Crippen LogP contribution >= 0.6 is 0 Å². The predicted molar refractivity (Wildman–Crippen MR) is 70.4 cm³/mol. The fourth-order valence-electron chi connectivity index (χ4n) is 2.17. The van der Waals surface area contributed by atoms with Gasteiger partial charge < -0.3 is 10.2 Å². The van der Waals surface area contributed by atoms with Crippen molar-refractivity contribution >= 4 is 6.21 Å². The molecule has 0 spiro atoms. The molecule has 0 radical (unpaired) electrons. The van der Waals surface area contributed by atoms with Crippen LogP contribution < -0.4 is 0 Å². The van der Waals surface area contributed by atoms with Gasteiger partial charge in [-0.3, -0.25) is 9.89 Å². The molecule has 0 aromatic rings. The van der Waals surface area contributed by atoms with Crippen molar-refractivity contribution in [3.63, 3.8) is 0 Å². The molecule has 0 heterocycles. The van der Waals surface area contributed by atoms with E-state index in [9.17, 15) is 5.11 Å². The van der Waals surface area contributed by atoms with Gasteiger partial charge in [-0.2, -0.15) is 0 Å². The van der Waals surface area contributed by atoms with Crippen molar-refractivity contribution in [2.75, 3.05) is 26.2 Å². The summed E-state index contributed by atoms with van der Waals surface area (Å²) in [5.74, 6) is 0. The molecule has 2 N–H and O–H groups in total. The first-order chi connectivity index (χ1) is 8.21. The summed E-state index contributed by atoms with van der Waals surface area (Å²) in [6, 6.07) is 0. The lowest BCUT2D eigenvalue weighted by atomic mass is 9.87. The lowest BCUT2D eigenvalue weighted by Gasteiger charge is -2.41. The monoisotopic (exact) mass is 238 g/mol. The van der Waals surface area contributed by atoms with Crippen molar-refractivity contribution in [3.05, 3.63) is 24.3 Å². The van der Waals surface area contributed by atoms with E-state index in [-0.39, 0.29) is 6.61 Å². The van der Waals surface area contributed by atoms with Gasteiger partial charge in [0.05, 0.1) is 19.3 Å². The number of likely N-dealkylation sites (N-methyl/N-ethyl adjacent to an activating group) is 1. The number of aliphatic imine (C=N–C) groups is 1. The number of allylic oxidation sites excluding steroid dienone is 2. The van der Waals surface area contributed by atoms with Crippen molar-refractivity contribution in [3.8, 4) is 0 Å². The number of aliphatic hydroxyl groups excluding tert-OH is 2. The largest absolute Gasteiger partial charge is 0.394 e. The SMILES string of the molecule is CCN(CC)C1(/C=N/CCO)C=CC=CC1O. The predicted octanol–water partition coefficient (Wildman–Crippen LogP) is 0.617. The van der Waals surface area contributed by atoms with Gasteiger partial charge in [0.1, 0.15) is 5.54 Å². The minimum atomic E-state index is -0.602. The Morgan fingerprint density at radius 1 is 1.35 bits per heavy atom. The van der Waals surface area contributed by atoms with Gasteiger partial charge in [0.25, 0.3) is 0 Å². The van der Waals surface area contributed by atoms with Gasteiger partial charge in [-0.15, -0.1) is 0 Å². The van der Waals surface area contributed by atoms with Gasteiger partial charge in [-0.1, -0.05) is 38.2 Å². The van der Waals surface area contributed by atoms with Crippen LogP contribution in [0.4, 0.5) is 0 Å². The normalized spacial score (nSPS) is 28.4. The molecule has 1 aliphatic rings. The number of hydrogen-bond donors (Lipinski definition) is 2. The summed E-state index contributed by atoms with van der Waals surface area (Å²) in [6.07, 6.45) is 8.65. The maximum absolute atomic E-state index is 10.2. The molecule has 0 aromatic carbocycles. The molecule has 2 unspecified atom stereocenters. The molecular formula is C13H22N2O2. The van der Waals surface area contributed by atoms with E-state index in [2.05, 4.69) is 23.7 Å². The molecule has 0 amide bonds. The highest BCUT2D eigenvalue weighted by Crippen LogP contribution is 2.24. The standard InChI is InChI=1S/C13H22N2O2/c1-3-15(4-2)13(11-14-9-10-16)8-6-5-7-12(13)17/h5-8,11-12,16-17H,3-4,9-10H2,1-2H3/b14-11+. The summed E-state index contributed by atoms with van der Waals surface area (Å²) in [7, 11) is 0. The molecule has 4 heteroatoms. The second-order valence-corrected chi connectivity index (χ2v) is 4.01. The van der Waals surface area contributed by atoms with Gasteiger partial charge in [-0.05, 0) is 13.1 Å². The molecule has 1 aliphatic carbocycles. The van der Waals surface area contributed by atoms with Gasteiger partial charge in [0.15, 0.2) is 0 Å². The maximum atomic E-state index is 10.2. The van der Waals surface area contributed by atoms with Crippen LogP contribution in [0.3, 0.4) is 0 Å². The van der Waals surface area contributed by atoms with E-state index in [1.165, 1.54) is 0 Å². The Morgan fingerprint density at radius 2 is 2.06 bits per heavy atom. The zero-order valence-electron chi connectivity index (χ0n) is 10.6. The summed E-state index contributed by atoms with van der Waals surface area (Å²) in [4.78, 5) is 6.34. The molecule has 0 saturated carbocycles. The number of nitrogens with zero attached hydrogens (tertiary/aromatic N) is 2. The fourth-order valence-corrected chi connectivity index (χ4v) is 2.17. The lowest BCUT2D eigenvalue weighted by Crippen LogP contribution is -2.56. The van der Waals surface area contributed by atoms with Gasteiger partial charge in [0, 0.05) is 6.21 Å². The Bertz CT molecular complexity index is 309. The van der Waals surface area contributed by atoms with Crippen molar-refractivity contribution in [2.45, 2.75) is 25.5 Å². The van der Waals surface area contributed by atoms with Crippen molar-refractivity contribution in [2.24, 2.45) is 4.99 Å². The number of aliphatic hydroxyl groups is 2. The zero-order valence-corrected chi connectivity index (χ0v) is 10.6.